The monoisotopic (exact) mass is 369 g/mol. The number of hydrogen-bond acceptors (Lipinski definition) is 3. The number of nitrogens with zero attached hydrogens (tertiary/aromatic N) is 2. The summed E-state index contributed by atoms with van der Waals surface area (Å²) in [4.78, 5) is 27.4. The molecule has 1 saturated carbocycles. The molecule has 2 amide bonds. The minimum absolute atomic E-state index is 0.0222. The van der Waals surface area contributed by atoms with E-state index in [9.17, 15) is 22.8 Å². The molecule has 1 heterocycles. The SMILES string of the molecule is CC1CC1C(=O)NCC(=O)N1CCN(c2cccc(C(F)(F)F)c2)CC1. The van der Waals surface area contributed by atoms with E-state index in [2.05, 4.69) is 5.32 Å². The molecule has 0 radical (unpaired) electrons. The summed E-state index contributed by atoms with van der Waals surface area (Å²) >= 11 is 0. The Balaban J connectivity index is 1.49. The molecule has 0 aromatic heterocycles. The van der Waals surface area contributed by atoms with Crippen molar-refractivity contribution in [2.24, 2.45) is 11.8 Å². The van der Waals surface area contributed by atoms with Gasteiger partial charge in [0.2, 0.25) is 11.8 Å². The van der Waals surface area contributed by atoms with Crippen LogP contribution in [0.2, 0.25) is 0 Å². The van der Waals surface area contributed by atoms with E-state index in [0.29, 0.717) is 37.8 Å². The molecule has 0 bridgehead atoms. The molecule has 1 aliphatic carbocycles. The fourth-order valence-corrected chi connectivity index (χ4v) is 3.19. The number of piperazine rings is 1. The van der Waals surface area contributed by atoms with Gasteiger partial charge in [-0.1, -0.05) is 13.0 Å². The smallest absolute Gasteiger partial charge is 0.368 e. The number of hydrogen-bond donors (Lipinski definition) is 1. The molecule has 2 fully saturated rings. The fourth-order valence-electron chi connectivity index (χ4n) is 3.19. The molecule has 1 aliphatic heterocycles. The molecule has 1 aromatic carbocycles. The third-order valence-corrected chi connectivity index (χ3v) is 5.03. The first-order chi connectivity index (χ1) is 12.3. The van der Waals surface area contributed by atoms with Gasteiger partial charge in [-0.25, -0.2) is 0 Å². The highest BCUT2D eigenvalue weighted by molar-refractivity contribution is 5.87. The number of amides is 2. The number of rotatable bonds is 4. The highest BCUT2D eigenvalue weighted by Crippen LogP contribution is 2.37. The Bertz CT molecular complexity index is 685. The van der Waals surface area contributed by atoms with Crippen LogP contribution in [0.3, 0.4) is 0 Å². The number of benzene rings is 1. The molecule has 1 saturated heterocycles. The Hall–Kier alpha value is -2.25. The van der Waals surface area contributed by atoms with Crippen LogP contribution in [0.25, 0.3) is 0 Å². The summed E-state index contributed by atoms with van der Waals surface area (Å²) < 4.78 is 38.5. The molecular weight excluding hydrogens is 347 g/mol. The molecule has 0 spiro atoms. The van der Waals surface area contributed by atoms with Crippen molar-refractivity contribution in [1.29, 1.82) is 0 Å². The average Bonchev–Trinajstić information content (AvgIpc) is 3.36. The lowest BCUT2D eigenvalue weighted by Crippen LogP contribution is -2.51. The first-order valence-electron chi connectivity index (χ1n) is 8.73. The van der Waals surface area contributed by atoms with Gasteiger partial charge < -0.3 is 15.1 Å². The van der Waals surface area contributed by atoms with Crippen molar-refractivity contribution >= 4 is 17.5 Å². The summed E-state index contributed by atoms with van der Waals surface area (Å²) in [5.41, 5.74) is -0.173. The number of carbonyl (C=O) groups is 2. The van der Waals surface area contributed by atoms with Gasteiger partial charge in [-0.15, -0.1) is 0 Å². The van der Waals surface area contributed by atoms with Gasteiger partial charge in [-0.2, -0.15) is 13.2 Å². The lowest BCUT2D eigenvalue weighted by Gasteiger charge is -2.36. The quantitative estimate of drug-likeness (QED) is 0.885. The normalized spacial score (nSPS) is 22.9. The molecule has 26 heavy (non-hydrogen) atoms. The highest BCUT2D eigenvalue weighted by atomic mass is 19.4. The van der Waals surface area contributed by atoms with Crippen molar-refractivity contribution in [3.63, 3.8) is 0 Å². The maximum absolute atomic E-state index is 12.8. The lowest BCUT2D eigenvalue weighted by molar-refractivity contribution is -0.137. The molecule has 2 aliphatic rings. The third-order valence-electron chi connectivity index (χ3n) is 5.03. The van der Waals surface area contributed by atoms with Crippen molar-refractivity contribution in [3.05, 3.63) is 29.8 Å². The standard InChI is InChI=1S/C18H22F3N3O2/c1-12-9-15(12)17(26)22-11-16(25)24-7-5-23(6-8-24)14-4-2-3-13(10-14)18(19,20)21/h2-4,10,12,15H,5-9,11H2,1H3,(H,22,26). The zero-order valence-corrected chi connectivity index (χ0v) is 14.6. The second-order valence-electron chi connectivity index (χ2n) is 6.95. The van der Waals surface area contributed by atoms with Gasteiger partial charge in [0.25, 0.3) is 0 Å². The van der Waals surface area contributed by atoms with Gasteiger partial charge in [0.05, 0.1) is 12.1 Å². The second-order valence-corrected chi connectivity index (χ2v) is 6.95. The minimum atomic E-state index is -4.37. The number of anilines is 1. The van der Waals surface area contributed by atoms with Crippen LogP contribution in [0.5, 0.6) is 0 Å². The molecule has 2 unspecified atom stereocenters. The maximum atomic E-state index is 12.8. The van der Waals surface area contributed by atoms with E-state index in [1.807, 2.05) is 11.8 Å². The van der Waals surface area contributed by atoms with Crippen LogP contribution >= 0.6 is 0 Å². The number of carbonyl (C=O) groups excluding carboxylic acids is 2. The van der Waals surface area contributed by atoms with Crippen molar-refractivity contribution in [1.82, 2.24) is 10.2 Å². The molecule has 1 aromatic rings. The summed E-state index contributed by atoms with van der Waals surface area (Å²) in [6.45, 7) is 3.74. The van der Waals surface area contributed by atoms with Gasteiger partial charge in [-0.3, -0.25) is 9.59 Å². The maximum Gasteiger partial charge on any atom is 0.416 e. The first-order valence-corrected chi connectivity index (χ1v) is 8.73. The summed E-state index contributed by atoms with van der Waals surface area (Å²) in [5.74, 6) is 0.186. The van der Waals surface area contributed by atoms with E-state index in [-0.39, 0.29) is 24.3 Å². The van der Waals surface area contributed by atoms with Crippen LogP contribution in [0.4, 0.5) is 18.9 Å². The van der Waals surface area contributed by atoms with E-state index < -0.39 is 11.7 Å². The number of halogens is 3. The largest absolute Gasteiger partial charge is 0.416 e. The minimum Gasteiger partial charge on any atom is -0.368 e. The van der Waals surface area contributed by atoms with Crippen LogP contribution < -0.4 is 10.2 Å². The van der Waals surface area contributed by atoms with Crippen molar-refractivity contribution in [3.8, 4) is 0 Å². The van der Waals surface area contributed by atoms with Gasteiger partial charge in [0.1, 0.15) is 0 Å². The Morgan fingerprint density at radius 1 is 1.19 bits per heavy atom. The summed E-state index contributed by atoms with van der Waals surface area (Å²) in [6, 6.07) is 5.22. The van der Waals surface area contributed by atoms with Crippen molar-refractivity contribution < 1.29 is 22.8 Å². The zero-order chi connectivity index (χ0) is 18.9. The van der Waals surface area contributed by atoms with Crippen LogP contribution in [-0.2, 0) is 15.8 Å². The van der Waals surface area contributed by atoms with Crippen LogP contribution in [0.1, 0.15) is 18.9 Å². The summed E-state index contributed by atoms with van der Waals surface area (Å²) in [7, 11) is 0. The Labute approximate surface area is 150 Å². The number of alkyl halides is 3. The highest BCUT2D eigenvalue weighted by Gasteiger charge is 2.39. The predicted octanol–water partition coefficient (Wildman–Crippen LogP) is 2.13. The number of nitrogens with one attached hydrogen (secondary N) is 1. The third kappa shape index (κ3) is 4.28. The molecule has 2 atom stereocenters. The van der Waals surface area contributed by atoms with Crippen LogP contribution in [-0.4, -0.2) is 49.4 Å². The second kappa shape index (κ2) is 7.17. The van der Waals surface area contributed by atoms with Gasteiger partial charge in [0, 0.05) is 37.8 Å². The van der Waals surface area contributed by atoms with E-state index in [0.717, 1.165) is 18.6 Å². The fraction of sp³-hybridized carbons (Fsp3) is 0.556. The molecule has 5 nitrogen and oxygen atoms in total. The molecule has 1 N–H and O–H groups in total. The van der Waals surface area contributed by atoms with Crippen molar-refractivity contribution in [2.75, 3.05) is 37.6 Å². The van der Waals surface area contributed by atoms with E-state index >= 15 is 0 Å². The van der Waals surface area contributed by atoms with Crippen LogP contribution in [0.15, 0.2) is 24.3 Å². The molecular formula is C18H22F3N3O2. The van der Waals surface area contributed by atoms with Gasteiger partial charge in [0.15, 0.2) is 0 Å². The van der Waals surface area contributed by atoms with E-state index in [4.69, 9.17) is 0 Å². The zero-order valence-electron chi connectivity index (χ0n) is 14.6. The van der Waals surface area contributed by atoms with Crippen LogP contribution in [0, 0.1) is 11.8 Å². The molecule has 8 heteroatoms. The van der Waals surface area contributed by atoms with E-state index in [1.165, 1.54) is 6.07 Å². The predicted molar refractivity (Wildman–Crippen MR) is 90.5 cm³/mol. The Morgan fingerprint density at radius 2 is 1.85 bits per heavy atom. The van der Waals surface area contributed by atoms with Crippen molar-refractivity contribution in [2.45, 2.75) is 19.5 Å². The lowest BCUT2D eigenvalue weighted by atomic mass is 10.1. The molecule has 142 valence electrons. The van der Waals surface area contributed by atoms with Gasteiger partial charge in [-0.05, 0) is 30.5 Å². The molecule has 3 rings (SSSR count). The Morgan fingerprint density at radius 3 is 2.42 bits per heavy atom. The first kappa shape index (κ1) is 18.5. The topological polar surface area (TPSA) is 52.7 Å². The summed E-state index contributed by atoms with van der Waals surface area (Å²) in [5, 5.41) is 2.67. The average molecular weight is 369 g/mol. The Kier molecular flexibility index (Phi) is 5.11. The summed E-state index contributed by atoms with van der Waals surface area (Å²) in [6.07, 6.45) is -3.50. The van der Waals surface area contributed by atoms with Gasteiger partial charge >= 0.3 is 6.18 Å². The van der Waals surface area contributed by atoms with E-state index in [1.54, 1.807) is 11.0 Å².